The van der Waals surface area contributed by atoms with E-state index >= 15 is 0 Å². The van der Waals surface area contributed by atoms with Crippen LogP contribution in [0.25, 0.3) is 10.4 Å². The van der Waals surface area contributed by atoms with Crippen molar-refractivity contribution >= 4 is 46.6 Å². The van der Waals surface area contributed by atoms with Crippen LogP contribution in [0.4, 0.5) is 10.5 Å². The molecule has 0 saturated heterocycles. The number of imide groups is 1. The highest BCUT2D eigenvalue weighted by Gasteiger charge is 2.38. The summed E-state index contributed by atoms with van der Waals surface area (Å²) in [5.41, 5.74) is 2.25. The van der Waals surface area contributed by atoms with Gasteiger partial charge in [0.15, 0.2) is 17.2 Å². The minimum absolute atomic E-state index is 0.0401. The Balaban J connectivity index is 1.85. The number of methoxy groups -OCH3 is 1. The van der Waals surface area contributed by atoms with E-state index in [1.165, 1.54) is 20.6 Å². The van der Waals surface area contributed by atoms with E-state index in [-0.39, 0.29) is 33.1 Å². The lowest BCUT2D eigenvalue weighted by molar-refractivity contribution is -0.130. The number of esters is 1. The van der Waals surface area contributed by atoms with Gasteiger partial charge in [0.2, 0.25) is 0 Å². The number of thiophene rings is 1. The Morgan fingerprint density at radius 1 is 1.16 bits per heavy atom. The van der Waals surface area contributed by atoms with Crippen molar-refractivity contribution in [3.8, 4) is 16.2 Å². The number of likely N-dealkylation sites (N-methyl/N-ethyl adjacent to an activating group) is 1. The molecule has 1 saturated carbocycles. The highest BCUT2D eigenvalue weighted by molar-refractivity contribution is 7.18. The summed E-state index contributed by atoms with van der Waals surface area (Å²) < 4.78 is 15.4. The number of anilines is 1. The van der Waals surface area contributed by atoms with Gasteiger partial charge in [0, 0.05) is 18.8 Å². The molecular formula is C28H37ClN2O6S. The molecule has 1 aliphatic rings. The summed E-state index contributed by atoms with van der Waals surface area (Å²) in [6.45, 7) is 10.5. The number of rotatable bonds is 8. The summed E-state index contributed by atoms with van der Waals surface area (Å²) >= 11 is 7.82. The Hall–Kier alpha value is -2.78. The van der Waals surface area contributed by atoms with Gasteiger partial charge in [-0.1, -0.05) is 51.4 Å². The first kappa shape index (κ1) is 29.8. The van der Waals surface area contributed by atoms with Gasteiger partial charge < -0.3 is 19.5 Å². The monoisotopic (exact) mass is 564 g/mol. The van der Waals surface area contributed by atoms with E-state index in [1.807, 2.05) is 24.3 Å². The van der Waals surface area contributed by atoms with Gasteiger partial charge in [0.05, 0.1) is 18.6 Å². The molecule has 0 aliphatic heterocycles. The molecule has 1 N–H and O–H groups in total. The number of hydrogen-bond acceptors (Lipinski definition) is 8. The second kappa shape index (κ2) is 11.9. The number of hydrogen-bond donors (Lipinski definition) is 1. The molecule has 1 heterocycles. The van der Waals surface area contributed by atoms with Crippen LogP contribution in [-0.4, -0.2) is 56.3 Å². The fourth-order valence-electron chi connectivity index (χ4n) is 5.42. The number of carbonyl (C=O) groups is 3. The van der Waals surface area contributed by atoms with Crippen molar-refractivity contribution < 1.29 is 28.6 Å². The molecule has 0 bridgehead atoms. The fraction of sp³-hybridized carbons (Fsp3) is 0.536. The molecule has 0 atom stereocenters. The minimum atomic E-state index is -0.791. The Labute approximate surface area is 233 Å². The summed E-state index contributed by atoms with van der Waals surface area (Å²) in [6, 6.07) is 8.18. The zero-order valence-corrected chi connectivity index (χ0v) is 24.7. The Morgan fingerprint density at radius 3 is 2.42 bits per heavy atom. The first-order valence-electron chi connectivity index (χ1n) is 12.6. The third kappa shape index (κ3) is 7.20. The predicted octanol–water partition coefficient (Wildman–Crippen LogP) is 6.87. The van der Waals surface area contributed by atoms with E-state index in [0.717, 1.165) is 40.3 Å². The molecule has 2 aromatic rings. The third-order valence-electron chi connectivity index (χ3n) is 6.49. The molecular weight excluding hydrogens is 528 g/mol. The van der Waals surface area contributed by atoms with Crippen molar-refractivity contribution in [3.63, 3.8) is 0 Å². The molecule has 1 aromatic carbocycles. The second-order valence-corrected chi connectivity index (χ2v) is 12.6. The largest absolute Gasteiger partial charge is 0.480 e. The van der Waals surface area contributed by atoms with Crippen molar-refractivity contribution in [2.24, 2.45) is 10.8 Å². The summed E-state index contributed by atoms with van der Waals surface area (Å²) in [5.74, 6) is -1.24. The van der Waals surface area contributed by atoms with Gasteiger partial charge in [0.25, 0.3) is 5.91 Å². The lowest BCUT2D eigenvalue weighted by Gasteiger charge is -2.45. The van der Waals surface area contributed by atoms with Crippen LogP contribution in [-0.2, 0) is 14.3 Å². The van der Waals surface area contributed by atoms with Gasteiger partial charge in [-0.3, -0.25) is 4.79 Å². The van der Waals surface area contributed by atoms with Gasteiger partial charge in [-0.15, -0.1) is 11.3 Å². The summed E-state index contributed by atoms with van der Waals surface area (Å²) in [5, 5.41) is 3.89. The number of halogens is 1. The van der Waals surface area contributed by atoms with Crippen LogP contribution in [0.1, 0.15) is 63.6 Å². The molecule has 0 spiro atoms. The maximum absolute atomic E-state index is 12.5. The lowest BCUT2D eigenvalue weighted by Crippen LogP contribution is -2.40. The standard InChI is InChI=1S/C28H37ClN2O6S/c1-8-36-26(34)31(6)20(32)15-37-22-21(29)23(38-24(22)25(33)35-7)17-10-9-11-18(12-17)30-19-13-27(2,3)16-28(4,5)14-19/h9-12,19,30H,8,13-16H2,1-7H3. The maximum atomic E-state index is 12.5. The van der Waals surface area contributed by atoms with Crippen LogP contribution < -0.4 is 10.1 Å². The van der Waals surface area contributed by atoms with Crippen molar-refractivity contribution in [3.05, 3.63) is 34.2 Å². The van der Waals surface area contributed by atoms with Gasteiger partial charge in [-0.25, -0.2) is 14.5 Å². The average molecular weight is 565 g/mol. The maximum Gasteiger partial charge on any atom is 0.416 e. The van der Waals surface area contributed by atoms with Crippen LogP contribution >= 0.6 is 22.9 Å². The smallest absolute Gasteiger partial charge is 0.416 e. The minimum Gasteiger partial charge on any atom is -0.480 e. The highest BCUT2D eigenvalue weighted by Crippen LogP contribution is 2.48. The number of nitrogens with one attached hydrogen (secondary N) is 1. The van der Waals surface area contributed by atoms with Crippen molar-refractivity contribution in [2.45, 2.75) is 59.9 Å². The van der Waals surface area contributed by atoms with E-state index in [4.69, 9.17) is 25.8 Å². The summed E-state index contributed by atoms with van der Waals surface area (Å²) in [4.78, 5) is 38.4. The zero-order valence-electron chi connectivity index (χ0n) is 23.1. The van der Waals surface area contributed by atoms with Gasteiger partial charge >= 0.3 is 12.1 Å². The lowest BCUT2D eigenvalue weighted by atomic mass is 9.63. The molecule has 0 radical (unpaired) electrons. The molecule has 8 nitrogen and oxygen atoms in total. The fourth-order valence-corrected chi connectivity index (χ4v) is 6.91. The van der Waals surface area contributed by atoms with Gasteiger partial charge in [-0.05, 0) is 54.7 Å². The highest BCUT2D eigenvalue weighted by atomic mass is 35.5. The summed E-state index contributed by atoms with van der Waals surface area (Å²) in [7, 11) is 2.55. The molecule has 1 aromatic heterocycles. The number of amides is 2. The first-order valence-corrected chi connectivity index (χ1v) is 13.8. The van der Waals surface area contributed by atoms with E-state index in [1.54, 1.807) is 6.92 Å². The van der Waals surface area contributed by atoms with Crippen molar-refractivity contribution in [1.82, 2.24) is 4.90 Å². The van der Waals surface area contributed by atoms with Crippen LogP contribution in [0.5, 0.6) is 5.75 Å². The number of nitrogens with zero attached hydrogens (tertiary/aromatic N) is 1. The second-order valence-electron chi connectivity index (χ2n) is 11.2. The number of ether oxygens (including phenoxy) is 3. The zero-order chi connectivity index (χ0) is 28.3. The number of benzene rings is 1. The van der Waals surface area contributed by atoms with Crippen LogP contribution in [0.3, 0.4) is 0 Å². The van der Waals surface area contributed by atoms with E-state index < -0.39 is 24.6 Å². The number of carbonyl (C=O) groups excluding carboxylic acids is 3. The van der Waals surface area contributed by atoms with Crippen molar-refractivity contribution in [2.75, 3.05) is 32.7 Å². The molecule has 1 aliphatic carbocycles. The molecule has 2 amide bonds. The van der Waals surface area contributed by atoms with Crippen LogP contribution in [0.15, 0.2) is 24.3 Å². The quantitative estimate of drug-likeness (QED) is 0.350. The van der Waals surface area contributed by atoms with Crippen molar-refractivity contribution in [1.29, 1.82) is 0 Å². The van der Waals surface area contributed by atoms with E-state index in [2.05, 4.69) is 33.0 Å². The molecule has 38 heavy (non-hydrogen) atoms. The van der Waals surface area contributed by atoms with Gasteiger partial charge in [0.1, 0.15) is 5.02 Å². The van der Waals surface area contributed by atoms with Gasteiger partial charge in [-0.2, -0.15) is 0 Å². The molecule has 1 fully saturated rings. The van der Waals surface area contributed by atoms with E-state index in [9.17, 15) is 14.4 Å². The van der Waals surface area contributed by atoms with E-state index in [0.29, 0.717) is 10.9 Å². The Bertz CT molecular complexity index is 1180. The molecule has 3 rings (SSSR count). The SMILES string of the molecule is CCOC(=O)N(C)C(=O)COc1c(C(=O)OC)sc(-c2cccc(NC3CC(C)(C)CC(C)(C)C3)c2)c1Cl. The topological polar surface area (TPSA) is 94.2 Å². The average Bonchev–Trinajstić information content (AvgIpc) is 3.15. The summed E-state index contributed by atoms with van der Waals surface area (Å²) in [6.07, 6.45) is 2.53. The molecule has 10 heteroatoms. The predicted molar refractivity (Wildman–Crippen MR) is 150 cm³/mol. The van der Waals surface area contributed by atoms with Crippen LogP contribution in [0.2, 0.25) is 5.02 Å². The third-order valence-corrected chi connectivity index (χ3v) is 8.16. The Kier molecular flexibility index (Phi) is 9.36. The first-order chi connectivity index (χ1) is 17.8. The molecule has 208 valence electrons. The normalized spacial score (nSPS) is 16.4. The molecule has 0 unspecified atom stereocenters. The van der Waals surface area contributed by atoms with Crippen LogP contribution in [0, 0.1) is 10.8 Å². The Morgan fingerprint density at radius 2 is 1.82 bits per heavy atom.